The van der Waals surface area contributed by atoms with Gasteiger partial charge in [0.1, 0.15) is 12.0 Å². The number of carbonyl (C=O) groups excluding carboxylic acids is 3. The van der Waals surface area contributed by atoms with Crippen molar-refractivity contribution in [3.63, 3.8) is 0 Å². The average molecular weight is 341 g/mol. The van der Waals surface area contributed by atoms with Crippen LogP contribution in [-0.2, 0) is 9.53 Å². The molecule has 1 amide bonds. The number of esters is 1. The monoisotopic (exact) mass is 341 g/mol. The fourth-order valence-corrected chi connectivity index (χ4v) is 1.96. The highest BCUT2D eigenvalue weighted by atomic mass is 16.5. The number of hydrogen-bond donors (Lipinski definition) is 1. The van der Waals surface area contributed by atoms with Crippen molar-refractivity contribution < 1.29 is 23.9 Å². The Morgan fingerprint density at radius 2 is 1.68 bits per heavy atom. The van der Waals surface area contributed by atoms with Gasteiger partial charge >= 0.3 is 5.97 Å². The van der Waals surface area contributed by atoms with Crippen molar-refractivity contribution in [2.45, 2.75) is 20.0 Å². The van der Waals surface area contributed by atoms with Crippen LogP contribution >= 0.6 is 0 Å². The van der Waals surface area contributed by atoms with Gasteiger partial charge in [-0.15, -0.1) is 0 Å². The van der Waals surface area contributed by atoms with Gasteiger partial charge in [0.2, 0.25) is 0 Å². The number of aldehydes is 1. The predicted molar refractivity (Wildman–Crippen MR) is 92.9 cm³/mol. The van der Waals surface area contributed by atoms with Crippen molar-refractivity contribution in [1.82, 2.24) is 0 Å². The van der Waals surface area contributed by atoms with Crippen LogP contribution in [0.25, 0.3) is 0 Å². The van der Waals surface area contributed by atoms with Gasteiger partial charge in [0, 0.05) is 11.3 Å². The highest BCUT2D eigenvalue weighted by Crippen LogP contribution is 2.13. The van der Waals surface area contributed by atoms with E-state index in [0.717, 1.165) is 6.29 Å². The fraction of sp³-hybridized carbons (Fsp3) is 0.211. The second-order valence-corrected chi connectivity index (χ2v) is 5.56. The summed E-state index contributed by atoms with van der Waals surface area (Å²) in [7, 11) is 0. The summed E-state index contributed by atoms with van der Waals surface area (Å²) < 4.78 is 10.4. The van der Waals surface area contributed by atoms with E-state index in [4.69, 9.17) is 9.47 Å². The molecule has 6 heteroatoms. The molecule has 6 nitrogen and oxygen atoms in total. The number of benzene rings is 2. The summed E-state index contributed by atoms with van der Waals surface area (Å²) in [5, 5.41) is 2.67. The Hall–Kier alpha value is -3.15. The molecule has 0 saturated heterocycles. The first-order chi connectivity index (χ1) is 12.0. The summed E-state index contributed by atoms with van der Waals surface area (Å²) in [5.74, 6) is -0.250. The molecule has 0 unspecified atom stereocenters. The van der Waals surface area contributed by atoms with E-state index in [9.17, 15) is 14.4 Å². The van der Waals surface area contributed by atoms with Gasteiger partial charge in [0.15, 0.2) is 6.61 Å². The van der Waals surface area contributed by atoms with Crippen LogP contribution in [0.3, 0.4) is 0 Å². The molecule has 0 saturated carbocycles. The summed E-state index contributed by atoms with van der Waals surface area (Å²) in [4.78, 5) is 34.2. The number of amides is 1. The van der Waals surface area contributed by atoms with Gasteiger partial charge in [-0.25, -0.2) is 4.79 Å². The number of carbonyl (C=O) groups is 3. The Morgan fingerprint density at radius 1 is 1.04 bits per heavy atom. The molecule has 0 radical (unpaired) electrons. The van der Waals surface area contributed by atoms with Gasteiger partial charge in [-0.1, -0.05) is 0 Å². The minimum atomic E-state index is -0.407. The molecular formula is C19H19NO5. The zero-order chi connectivity index (χ0) is 18.2. The summed E-state index contributed by atoms with van der Waals surface area (Å²) in [6.07, 6.45) is 0.543. The van der Waals surface area contributed by atoms with Crippen molar-refractivity contribution in [2.75, 3.05) is 11.9 Å². The predicted octanol–water partition coefficient (Wildman–Crippen LogP) is 3.08. The van der Waals surface area contributed by atoms with E-state index in [1.807, 2.05) is 0 Å². The highest BCUT2D eigenvalue weighted by molar-refractivity contribution is 5.93. The number of nitrogens with one attached hydrogen (secondary N) is 1. The number of rotatable bonds is 7. The van der Waals surface area contributed by atoms with Crippen LogP contribution in [0.15, 0.2) is 48.5 Å². The molecule has 0 heterocycles. The molecule has 0 fully saturated rings. The molecule has 0 aromatic heterocycles. The maximum Gasteiger partial charge on any atom is 0.338 e. The van der Waals surface area contributed by atoms with E-state index in [-0.39, 0.29) is 18.6 Å². The number of ether oxygens (including phenoxy) is 2. The van der Waals surface area contributed by atoms with E-state index >= 15 is 0 Å². The van der Waals surface area contributed by atoms with Gasteiger partial charge in [-0.3, -0.25) is 9.59 Å². The van der Waals surface area contributed by atoms with Crippen LogP contribution in [0.4, 0.5) is 5.69 Å². The minimum absolute atomic E-state index is 0.169. The van der Waals surface area contributed by atoms with E-state index in [2.05, 4.69) is 5.32 Å². The first kappa shape index (κ1) is 18.2. The molecule has 0 aliphatic heterocycles. The summed E-state index contributed by atoms with van der Waals surface area (Å²) >= 11 is 0. The number of anilines is 1. The molecule has 1 N–H and O–H groups in total. The summed E-state index contributed by atoms with van der Waals surface area (Å²) in [5.41, 5.74) is 1.50. The molecule has 0 bridgehead atoms. The molecule has 0 spiro atoms. The number of hydrogen-bond acceptors (Lipinski definition) is 5. The average Bonchev–Trinajstić information content (AvgIpc) is 2.60. The zero-order valence-corrected chi connectivity index (χ0v) is 14.0. The maximum atomic E-state index is 11.9. The third-order valence-electron chi connectivity index (χ3n) is 3.13. The molecule has 0 atom stereocenters. The summed E-state index contributed by atoms with van der Waals surface area (Å²) in [6, 6.07) is 12.8. The zero-order valence-electron chi connectivity index (χ0n) is 14.0. The van der Waals surface area contributed by atoms with Crippen LogP contribution in [0.5, 0.6) is 5.75 Å². The Balaban J connectivity index is 1.85. The Kier molecular flexibility index (Phi) is 6.28. The second-order valence-electron chi connectivity index (χ2n) is 5.56. The fourth-order valence-electron chi connectivity index (χ4n) is 1.96. The van der Waals surface area contributed by atoms with E-state index < -0.39 is 5.97 Å². The Bertz CT molecular complexity index is 735. The third kappa shape index (κ3) is 5.76. The standard InChI is InChI=1S/C19H19NO5/c1-13(2)25-19(23)15-5-7-16(8-6-15)20-18(22)12-24-17-9-3-14(11-21)4-10-17/h3-11,13H,12H2,1-2H3,(H,20,22). The van der Waals surface area contributed by atoms with Crippen molar-refractivity contribution in [1.29, 1.82) is 0 Å². The third-order valence-corrected chi connectivity index (χ3v) is 3.13. The quantitative estimate of drug-likeness (QED) is 0.618. The SMILES string of the molecule is CC(C)OC(=O)c1ccc(NC(=O)COc2ccc(C=O)cc2)cc1. The lowest BCUT2D eigenvalue weighted by molar-refractivity contribution is -0.118. The topological polar surface area (TPSA) is 81.7 Å². The lowest BCUT2D eigenvalue weighted by atomic mass is 10.2. The van der Waals surface area contributed by atoms with Crippen molar-refractivity contribution in [2.24, 2.45) is 0 Å². The molecule has 2 aromatic rings. The van der Waals surface area contributed by atoms with Gasteiger partial charge in [-0.05, 0) is 62.4 Å². The molecule has 130 valence electrons. The van der Waals surface area contributed by atoms with Crippen molar-refractivity contribution in [3.05, 3.63) is 59.7 Å². The highest BCUT2D eigenvalue weighted by Gasteiger charge is 2.10. The lowest BCUT2D eigenvalue weighted by Gasteiger charge is -2.09. The molecule has 2 aromatic carbocycles. The first-order valence-corrected chi connectivity index (χ1v) is 7.77. The molecule has 0 aliphatic carbocycles. The van der Waals surface area contributed by atoms with Crippen molar-refractivity contribution in [3.8, 4) is 5.75 Å². The Labute approximate surface area is 145 Å². The van der Waals surface area contributed by atoms with Gasteiger partial charge in [0.05, 0.1) is 11.7 Å². The van der Waals surface area contributed by atoms with Crippen LogP contribution in [0.2, 0.25) is 0 Å². The second kappa shape index (κ2) is 8.63. The molecular weight excluding hydrogens is 322 g/mol. The normalized spacial score (nSPS) is 10.2. The minimum Gasteiger partial charge on any atom is -0.484 e. The van der Waals surface area contributed by atoms with E-state index in [1.165, 1.54) is 0 Å². The molecule has 0 aliphatic rings. The van der Waals surface area contributed by atoms with Crippen LogP contribution in [0.1, 0.15) is 34.6 Å². The van der Waals surface area contributed by atoms with E-state index in [0.29, 0.717) is 22.6 Å². The van der Waals surface area contributed by atoms with Gasteiger partial charge in [-0.2, -0.15) is 0 Å². The lowest BCUT2D eigenvalue weighted by Crippen LogP contribution is -2.20. The van der Waals surface area contributed by atoms with Crippen LogP contribution in [-0.4, -0.2) is 30.9 Å². The largest absolute Gasteiger partial charge is 0.484 e. The van der Waals surface area contributed by atoms with E-state index in [1.54, 1.807) is 62.4 Å². The maximum absolute atomic E-state index is 11.9. The van der Waals surface area contributed by atoms with Gasteiger partial charge < -0.3 is 14.8 Å². The smallest absolute Gasteiger partial charge is 0.338 e. The summed E-state index contributed by atoms with van der Waals surface area (Å²) in [6.45, 7) is 3.38. The van der Waals surface area contributed by atoms with Crippen LogP contribution < -0.4 is 10.1 Å². The van der Waals surface area contributed by atoms with Gasteiger partial charge in [0.25, 0.3) is 5.91 Å². The molecule has 25 heavy (non-hydrogen) atoms. The van der Waals surface area contributed by atoms with Crippen molar-refractivity contribution >= 4 is 23.9 Å². The van der Waals surface area contributed by atoms with Crippen LogP contribution in [0, 0.1) is 0 Å². The first-order valence-electron chi connectivity index (χ1n) is 7.77. The molecule has 2 rings (SSSR count). The Morgan fingerprint density at radius 3 is 2.24 bits per heavy atom.